The molecular weight excluding hydrogens is 432 g/mol. The van der Waals surface area contributed by atoms with E-state index in [1.54, 1.807) is 42.5 Å². The Morgan fingerprint density at radius 1 is 1.03 bits per heavy atom. The van der Waals surface area contributed by atoms with E-state index in [4.69, 9.17) is 11.1 Å². The Morgan fingerprint density at radius 3 is 2.38 bits per heavy atom. The van der Waals surface area contributed by atoms with Crippen molar-refractivity contribution >= 4 is 41.0 Å². The lowest BCUT2D eigenvalue weighted by atomic mass is 9.85. The fraction of sp³-hybridized carbons (Fsp3) is 0.240. The second kappa shape index (κ2) is 11.6. The first kappa shape index (κ1) is 24.4. The minimum absolute atomic E-state index is 0.0318. The molecule has 2 atom stereocenters. The summed E-state index contributed by atoms with van der Waals surface area (Å²) in [7, 11) is 0. The lowest BCUT2D eigenvalue weighted by molar-refractivity contribution is -0.122. The number of rotatable bonds is 8. The molecule has 3 rings (SSSR count). The molecule has 0 bridgehead atoms. The Labute approximate surface area is 198 Å². The van der Waals surface area contributed by atoms with Crippen LogP contribution in [0.2, 0.25) is 0 Å². The zero-order chi connectivity index (χ0) is 24.5. The number of anilines is 2. The molecule has 0 spiro atoms. The molecule has 0 unspecified atom stereocenters. The van der Waals surface area contributed by atoms with Crippen molar-refractivity contribution in [1.82, 2.24) is 10.3 Å². The zero-order valence-corrected chi connectivity index (χ0v) is 18.7. The van der Waals surface area contributed by atoms with Gasteiger partial charge in [0.2, 0.25) is 11.8 Å². The maximum absolute atomic E-state index is 12.7. The largest absolute Gasteiger partial charge is 0.397 e. The molecule has 1 heterocycles. The molecule has 6 N–H and O–H groups in total. The molecule has 1 saturated carbocycles. The maximum atomic E-state index is 12.7. The lowest BCUT2D eigenvalue weighted by Gasteiger charge is -2.28. The number of nitrogens with two attached hydrogens (primary N) is 1. The number of pyridine rings is 1. The van der Waals surface area contributed by atoms with Crippen molar-refractivity contribution in [3.05, 3.63) is 72.6 Å². The molecule has 1 aliphatic rings. The number of allylic oxidation sites excluding steroid dienone is 1. The van der Waals surface area contributed by atoms with Crippen LogP contribution in [0, 0.1) is 11.3 Å². The van der Waals surface area contributed by atoms with E-state index in [0.29, 0.717) is 23.5 Å². The molecule has 9 heteroatoms. The molecule has 0 radical (unpaired) electrons. The summed E-state index contributed by atoms with van der Waals surface area (Å²) in [4.78, 5) is 41.0. The van der Waals surface area contributed by atoms with Crippen LogP contribution >= 0.6 is 0 Å². The van der Waals surface area contributed by atoms with Gasteiger partial charge in [-0.25, -0.2) is 4.98 Å². The van der Waals surface area contributed by atoms with Gasteiger partial charge in [-0.2, -0.15) is 0 Å². The summed E-state index contributed by atoms with van der Waals surface area (Å²) in [5.74, 6) is -0.908. The Hall–Kier alpha value is -4.27. The number of hydrogen-bond donors (Lipinski definition) is 5. The number of aromatic nitrogens is 1. The average Bonchev–Trinajstić information content (AvgIpc) is 2.85. The van der Waals surface area contributed by atoms with Crippen molar-refractivity contribution in [2.45, 2.75) is 31.7 Å². The highest BCUT2D eigenvalue weighted by atomic mass is 16.2. The summed E-state index contributed by atoms with van der Waals surface area (Å²) >= 11 is 0. The van der Waals surface area contributed by atoms with Crippen molar-refractivity contribution in [2.24, 2.45) is 11.7 Å². The van der Waals surface area contributed by atoms with E-state index in [1.165, 1.54) is 12.2 Å². The summed E-state index contributed by atoms with van der Waals surface area (Å²) in [5, 5.41) is 15.6. The van der Waals surface area contributed by atoms with E-state index in [9.17, 15) is 14.4 Å². The quantitative estimate of drug-likeness (QED) is 0.303. The molecule has 2 aromatic rings. The van der Waals surface area contributed by atoms with Crippen molar-refractivity contribution in [3.8, 4) is 0 Å². The van der Waals surface area contributed by atoms with E-state index in [2.05, 4.69) is 27.5 Å². The van der Waals surface area contributed by atoms with Crippen LogP contribution in [0.1, 0.15) is 41.9 Å². The van der Waals surface area contributed by atoms with Gasteiger partial charge in [-0.05, 0) is 67.8 Å². The topological polar surface area (TPSA) is 150 Å². The van der Waals surface area contributed by atoms with Gasteiger partial charge in [0.05, 0.1) is 11.4 Å². The molecule has 176 valence electrons. The first-order valence-electron chi connectivity index (χ1n) is 11.0. The fourth-order valence-corrected chi connectivity index (χ4v) is 3.79. The first-order chi connectivity index (χ1) is 16.4. The average molecular weight is 461 g/mol. The standard InChI is InChI=1S/C25H28N6O3/c1-2-23(32)28-19-6-3-5-16(15-19)24(33)29-17-9-11-18(12-10-17)30-25(34)22-8-4-7-21(31-22)20(27)13-14-26/h2,4,7-14,16,19,26H,1,3,5-6,15,27H2,(H,28,32)(H,29,33)(H,30,34)/b20-13-,26-14?/t16-,19+/m1/s1. The second-order valence-corrected chi connectivity index (χ2v) is 7.99. The van der Waals surface area contributed by atoms with Crippen molar-refractivity contribution in [2.75, 3.05) is 10.6 Å². The molecular formula is C25H28N6O3. The van der Waals surface area contributed by atoms with E-state index < -0.39 is 5.91 Å². The predicted molar refractivity (Wildman–Crippen MR) is 132 cm³/mol. The Kier molecular flexibility index (Phi) is 8.28. The van der Waals surface area contributed by atoms with Gasteiger partial charge < -0.3 is 27.1 Å². The van der Waals surface area contributed by atoms with Crippen LogP contribution in [0.3, 0.4) is 0 Å². The molecule has 34 heavy (non-hydrogen) atoms. The van der Waals surface area contributed by atoms with Crippen LogP contribution in [-0.4, -0.2) is 35.0 Å². The molecule has 1 aromatic heterocycles. The summed E-state index contributed by atoms with van der Waals surface area (Å²) in [5.41, 5.74) is 7.87. The number of amides is 3. The Morgan fingerprint density at radius 2 is 1.71 bits per heavy atom. The fourth-order valence-electron chi connectivity index (χ4n) is 3.79. The molecule has 3 amide bonds. The van der Waals surface area contributed by atoms with E-state index >= 15 is 0 Å². The normalized spacial score (nSPS) is 17.8. The molecule has 1 fully saturated rings. The Bertz CT molecular complexity index is 1110. The van der Waals surface area contributed by atoms with Crippen molar-refractivity contribution in [3.63, 3.8) is 0 Å². The van der Waals surface area contributed by atoms with Gasteiger partial charge in [-0.15, -0.1) is 0 Å². The SMILES string of the molecule is C=CC(=O)N[C@H]1CCC[C@@H](C(=O)Nc2ccc(NC(=O)c3cccc(/C(N)=C/C=N)n3)cc2)C1. The van der Waals surface area contributed by atoms with Crippen molar-refractivity contribution < 1.29 is 14.4 Å². The van der Waals surface area contributed by atoms with Gasteiger partial charge in [-0.3, -0.25) is 14.4 Å². The highest BCUT2D eigenvalue weighted by Crippen LogP contribution is 2.26. The van der Waals surface area contributed by atoms with E-state index in [1.807, 2.05) is 0 Å². The van der Waals surface area contributed by atoms with Crippen LogP contribution in [0.15, 0.2) is 61.2 Å². The van der Waals surface area contributed by atoms with Gasteiger partial charge in [0, 0.05) is 29.5 Å². The molecule has 0 aliphatic heterocycles. The number of benzene rings is 1. The van der Waals surface area contributed by atoms with Gasteiger partial charge in [0.15, 0.2) is 0 Å². The first-order valence-corrected chi connectivity index (χ1v) is 11.0. The number of carbonyl (C=O) groups is 3. The monoisotopic (exact) mass is 460 g/mol. The van der Waals surface area contributed by atoms with Crippen LogP contribution in [0.25, 0.3) is 5.70 Å². The van der Waals surface area contributed by atoms with E-state index in [0.717, 1.165) is 25.5 Å². The van der Waals surface area contributed by atoms with Crippen LogP contribution in [0.5, 0.6) is 0 Å². The second-order valence-electron chi connectivity index (χ2n) is 7.99. The van der Waals surface area contributed by atoms with Crippen molar-refractivity contribution in [1.29, 1.82) is 5.41 Å². The summed E-state index contributed by atoms with van der Waals surface area (Å²) < 4.78 is 0. The third kappa shape index (κ3) is 6.61. The van der Waals surface area contributed by atoms with Gasteiger partial charge in [0.1, 0.15) is 5.69 Å². The van der Waals surface area contributed by atoms with Gasteiger partial charge in [0.25, 0.3) is 5.91 Å². The molecule has 1 aromatic carbocycles. The zero-order valence-electron chi connectivity index (χ0n) is 18.7. The number of nitrogens with zero attached hydrogens (tertiary/aromatic N) is 1. The van der Waals surface area contributed by atoms with Crippen LogP contribution in [-0.2, 0) is 9.59 Å². The minimum atomic E-state index is -0.406. The maximum Gasteiger partial charge on any atom is 0.274 e. The summed E-state index contributed by atoms with van der Waals surface area (Å²) in [6.07, 6.45) is 6.75. The number of hydrogen-bond acceptors (Lipinski definition) is 6. The Balaban J connectivity index is 1.57. The van der Waals surface area contributed by atoms with E-state index in [-0.39, 0.29) is 35.2 Å². The van der Waals surface area contributed by atoms with Gasteiger partial charge in [-0.1, -0.05) is 19.1 Å². The summed E-state index contributed by atoms with van der Waals surface area (Å²) in [6, 6.07) is 11.7. The lowest BCUT2D eigenvalue weighted by Crippen LogP contribution is -2.40. The summed E-state index contributed by atoms with van der Waals surface area (Å²) in [6.45, 7) is 3.46. The highest BCUT2D eigenvalue weighted by Gasteiger charge is 2.27. The van der Waals surface area contributed by atoms with Gasteiger partial charge >= 0.3 is 0 Å². The highest BCUT2D eigenvalue weighted by molar-refractivity contribution is 6.03. The minimum Gasteiger partial charge on any atom is -0.397 e. The third-order valence-corrected chi connectivity index (χ3v) is 5.53. The van der Waals surface area contributed by atoms with Crippen LogP contribution in [0.4, 0.5) is 11.4 Å². The smallest absolute Gasteiger partial charge is 0.274 e. The third-order valence-electron chi connectivity index (χ3n) is 5.53. The number of carbonyl (C=O) groups excluding carboxylic acids is 3. The van der Waals surface area contributed by atoms with Crippen LogP contribution < -0.4 is 21.7 Å². The molecule has 1 aliphatic carbocycles. The number of nitrogens with one attached hydrogen (secondary N) is 4. The predicted octanol–water partition coefficient (Wildman–Crippen LogP) is 3.08. The molecule has 0 saturated heterocycles. The molecule has 9 nitrogen and oxygen atoms in total.